The quantitative estimate of drug-likeness (QED) is 0.325. The number of halogens is 1. The number of ether oxygens (including phenoxy) is 2. The molecule has 0 spiro atoms. The first-order valence-corrected chi connectivity index (χ1v) is 10.2. The number of carbonyl (C=O) groups excluding carboxylic acids is 2. The van der Waals surface area contributed by atoms with E-state index < -0.39 is 5.97 Å². The first-order valence-electron chi connectivity index (χ1n) is 10.2. The second-order valence-corrected chi connectivity index (χ2v) is 7.23. The number of hydrogen-bond acceptors (Lipinski definition) is 5. The van der Waals surface area contributed by atoms with Crippen molar-refractivity contribution in [3.63, 3.8) is 0 Å². The molecule has 2 aromatic carbocycles. The van der Waals surface area contributed by atoms with Crippen LogP contribution in [0.3, 0.4) is 0 Å². The van der Waals surface area contributed by atoms with Gasteiger partial charge in [0.1, 0.15) is 11.6 Å². The van der Waals surface area contributed by atoms with Crippen molar-refractivity contribution in [2.45, 2.75) is 19.3 Å². The van der Waals surface area contributed by atoms with Crippen molar-refractivity contribution in [1.29, 1.82) is 0 Å². The molecular weight excluding hydrogens is 411 g/mol. The molecular formula is C25H21FN2O4. The number of pyridine rings is 1. The second-order valence-electron chi connectivity index (χ2n) is 7.23. The number of aromatic nitrogens is 2. The van der Waals surface area contributed by atoms with Crippen molar-refractivity contribution in [1.82, 2.24) is 9.97 Å². The molecule has 6 nitrogen and oxygen atoms in total. The Morgan fingerprint density at radius 2 is 1.88 bits per heavy atom. The summed E-state index contributed by atoms with van der Waals surface area (Å²) in [7, 11) is 1.30. The van der Waals surface area contributed by atoms with Gasteiger partial charge < -0.3 is 14.5 Å². The molecule has 0 aliphatic rings. The summed E-state index contributed by atoms with van der Waals surface area (Å²) in [5, 5.41) is 0.775. The standard InChI is InChI=1S/C25H21FN2O4/c1-31-25(30)16-8-11-18(12-9-16)32-23(29)7-4-5-19-20-15-17(26)10-13-21(20)28-24(19)22-6-2-3-14-27-22/h2-3,6,8-15,28H,4-5,7H2,1H3. The molecule has 0 unspecified atom stereocenters. The summed E-state index contributed by atoms with van der Waals surface area (Å²) < 4.78 is 23.9. The first-order chi connectivity index (χ1) is 15.5. The summed E-state index contributed by atoms with van der Waals surface area (Å²) in [6, 6.07) is 16.4. The third-order valence-electron chi connectivity index (χ3n) is 5.10. The molecule has 32 heavy (non-hydrogen) atoms. The van der Waals surface area contributed by atoms with Crippen LogP contribution in [-0.4, -0.2) is 29.0 Å². The molecule has 4 aromatic rings. The number of H-pyrrole nitrogens is 1. The van der Waals surface area contributed by atoms with Gasteiger partial charge in [0.25, 0.3) is 0 Å². The van der Waals surface area contributed by atoms with E-state index >= 15 is 0 Å². The molecule has 0 fully saturated rings. The number of hydrogen-bond donors (Lipinski definition) is 1. The fourth-order valence-electron chi connectivity index (χ4n) is 3.58. The number of esters is 2. The van der Waals surface area contributed by atoms with Gasteiger partial charge in [-0.3, -0.25) is 9.78 Å². The third-order valence-corrected chi connectivity index (χ3v) is 5.10. The van der Waals surface area contributed by atoms with E-state index in [2.05, 4.69) is 14.7 Å². The van der Waals surface area contributed by atoms with E-state index in [1.807, 2.05) is 18.2 Å². The summed E-state index contributed by atoms with van der Waals surface area (Å²) in [4.78, 5) is 31.5. The molecule has 4 rings (SSSR count). The predicted octanol–water partition coefficient (Wildman–Crippen LogP) is 5.08. The molecule has 0 saturated carbocycles. The van der Waals surface area contributed by atoms with E-state index in [0.717, 1.165) is 27.9 Å². The number of nitrogens with one attached hydrogen (secondary N) is 1. The van der Waals surface area contributed by atoms with Gasteiger partial charge in [-0.25, -0.2) is 9.18 Å². The van der Waals surface area contributed by atoms with Gasteiger partial charge in [0, 0.05) is 23.5 Å². The fraction of sp³-hybridized carbons (Fsp3) is 0.160. The average molecular weight is 432 g/mol. The Kier molecular flexibility index (Phi) is 6.26. The molecule has 2 aromatic heterocycles. The number of aromatic amines is 1. The third kappa shape index (κ3) is 4.67. The van der Waals surface area contributed by atoms with E-state index in [0.29, 0.717) is 24.2 Å². The van der Waals surface area contributed by atoms with Crippen LogP contribution in [0.25, 0.3) is 22.3 Å². The molecule has 2 heterocycles. The summed E-state index contributed by atoms with van der Waals surface area (Å²) in [6.07, 6.45) is 2.95. The van der Waals surface area contributed by atoms with Crippen LogP contribution in [0.15, 0.2) is 66.9 Å². The van der Waals surface area contributed by atoms with Crippen molar-refractivity contribution < 1.29 is 23.5 Å². The van der Waals surface area contributed by atoms with Crippen molar-refractivity contribution in [3.05, 3.63) is 83.8 Å². The Labute approximate surface area is 184 Å². The van der Waals surface area contributed by atoms with Crippen molar-refractivity contribution >= 4 is 22.8 Å². The average Bonchev–Trinajstić information content (AvgIpc) is 3.17. The van der Waals surface area contributed by atoms with Crippen molar-refractivity contribution in [3.8, 4) is 17.1 Å². The normalized spacial score (nSPS) is 10.8. The largest absolute Gasteiger partial charge is 0.465 e. The second kappa shape index (κ2) is 9.43. The lowest BCUT2D eigenvalue weighted by Crippen LogP contribution is -2.08. The minimum Gasteiger partial charge on any atom is -0.465 e. The van der Waals surface area contributed by atoms with Crippen molar-refractivity contribution in [2.75, 3.05) is 7.11 Å². The Bertz CT molecular complexity index is 1250. The molecule has 0 amide bonds. The summed E-state index contributed by atoms with van der Waals surface area (Å²) in [5.41, 5.74) is 3.68. The molecule has 0 atom stereocenters. The first kappa shape index (κ1) is 21.2. The number of nitrogens with zero attached hydrogens (tertiary/aromatic N) is 1. The Morgan fingerprint density at radius 1 is 1.06 bits per heavy atom. The molecule has 162 valence electrons. The Morgan fingerprint density at radius 3 is 2.59 bits per heavy atom. The zero-order chi connectivity index (χ0) is 22.5. The van der Waals surface area contributed by atoms with Gasteiger partial charge in [-0.05, 0) is 73.0 Å². The van der Waals surface area contributed by atoms with Crippen molar-refractivity contribution in [2.24, 2.45) is 0 Å². The fourth-order valence-corrected chi connectivity index (χ4v) is 3.58. The Hall–Kier alpha value is -4.00. The monoisotopic (exact) mass is 432 g/mol. The van der Waals surface area contributed by atoms with Crippen LogP contribution in [0, 0.1) is 5.82 Å². The maximum absolute atomic E-state index is 13.9. The van der Waals surface area contributed by atoms with Crippen LogP contribution in [0.4, 0.5) is 4.39 Å². The molecule has 0 saturated heterocycles. The number of benzene rings is 2. The van der Waals surface area contributed by atoms with Crippen LogP contribution < -0.4 is 4.74 Å². The number of aryl methyl sites for hydroxylation is 1. The maximum atomic E-state index is 13.9. The predicted molar refractivity (Wildman–Crippen MR) is 118 cm³/mol. The van der Waals surface area contributed by atoms with Gasteiger partial charge in [0.05, 0.1) is 24.1 Å². The van der Waals surface area contributed by atoms with Gasteiger partial charge in [-0.15, -0.1) is 0 Å². The summed E-state index contributed by atoms with van der Waals surface area (Å²) >= 11 is 0. The molecule has 0 radical (unpaired) electrons. The molecule has 7 heteroatoms. The molecule has 0 aliphatic heterocycles. The SMILES string of the molecule is COC(=O)c1ccc(OC(=O)CCCc2c(-c3ccccn3)[nH]c3ccc(F)cc23)cc1. The van der Waals surface area contributed by atoms with E-state index in [9.17, 15) is 14.0 Å². The van der Waals surface area contributed by atoms with Crippen LogP contribution in [0.1, 0.15) is 28.8 Å². The maximum Gasteiger partial charge on any atom is 0.337 e. The van der Waals surface area contributed by atoms with Gasteiger partial charge in [-0.1, -0.05) is 6.07 Å². The smallest absolute Gasteiger partial charge is 0.337 e. The minimum atomic E-state index is -0.457. The number of rotatable bonds is 7. The topological polar surface area (TPSA) is 81.3 Å². The zero-order valence-electron chi connectivity index (χ0n) is 17.4. The van der Waals surface area contributed by atoms with E-state index in [-0.39, 0.29) is 18.2 Å². The number of fused-ring (bicyclic) bond motifs is 1. The molecule has 0 aliphatic carbocycles. The minimum absolute atomic E-state index is 0.183. The van der Waals surface area contributed by atoms with E-state index in [4.69, 9.17) is 4.74 Å². The lowest BCUT2D eigenvalue weighted by atomic mass is 10.0. The van der Waals surface area contributed by atoms with Crippen LogP contribution >= 0.6 is 0 Å². The molecule has 0 bridgehead atoms. The molecule has 1 N–H and O–H groups in total. The van der Waals surface area contributed by atoms with Gasteiger partial charge in [0.2, 0.25) is 0 Å². The highest BCUT2D eigenvalue weighted by molar-refractivity contribution is 5.90. The van der Waals surface area contributed by atoms with Crippen LogP contribution in [0.2, 0.25) is 0 Å². The van der Waals surface area contributed by atoms with E-state index in [1.54, 1.807) is 24.4 Å². The van der Waals surface area contributed by atoms with Crippen LogP contribution in [0.5, 0.6) is 5.75 Å². The summed E-state index contributed by atoms with van der Waals surface area (Å²) in [6.45, 7) is 0. The van der Waals surface area contributed by atoms with Crippen LogP contribution in [-0.2, 0) is 16.0 Å². The lowest BCUT2D eigenvalue weighted by Gasteiger charge is -2.07. The summed E-state index contributed by atoms with van der Waals surface area (Å²) in [5.74, 6) is -0.811. The Balaban J connectivity index is 1.45. The van der Waals surface area contributed by atoms with Gasteiger partial charge in [0.15, 0.2) is 0 Å². The zero-order valence-corrected chi connectivity index (χ0v) is 17.4. The highest BCUT2D eigenvalue weighted by Crippen LogP contribution is 2.31. The number of methoxy groups -OCH3 is 1. The number of carbonyl (C=O) groups is 2. The highest BCUT2D eigenvalue weighted by Gasteiger charge is 2.16. The van der Waals surface area contributed by atoms with Gasteiger partial charge >= 0.3 is 11.9 Å². The highest BCUT2D eigenvalue weighted by atomic mass is 19.1. The van der Waals surface area contributed by atoms with E-state index in [1.165, 1.54) is 31.4 Å². The lowest BCUT2D eigenvalue weighted by molar-refractivity contribution is -0.134. The van der Waals surface area contributed by atoms with Gasteiger partial charge in [-0.2, -0.15) is 0 Å².